The first-order chi connectivity index (χ1) is 7.02. The van der Waals surface area contributed by atoms with Gasteiger partial charge in [0.15, 0.2) is 0 Å². The average molecular weight is 201 g/mol. The zero-order valence-electron chi connectivity index (χ0n) is 9.33. The van der Waals surface area contributed by atoms with Gasteiger partial charge >= 0.3 is 0 Å². The number of nitrogens with two attached hydrogens (primary N) is 1. The molecule has 3 nitrogen and oxygen atoms in total. The summed E-state index contributed by atoms with van der Waals surface area (Å²) >= 11 is 0. The summed E-state index contributed by atoms with van der Waals surface area (Å²) in [6.07, 6.45) is 1.80. The van der Waals surface area contributed by atoms with Gasteiger partial charge in [0.1, 0.15) is 0 Å². The molecule has 0 aliphatic heterocycles. The topological polar surface area (TPSA) is 43.8 Å². The number of aryl methyl sites for hydroxylation is 2. The highest BCUT2D eigenvalue weighted by atomic mass is 15.0. The molecule has 3 heteroatoms. The van der Waals surface area contributed by atoms with E-state index in [4.69, 9.17) is 5.73 Å². The Labute approximate surface area is 89.2 Å². The molecule has 78 valence electrons. The summed E-state index contributed by atoms with van der Waals surface area (Å²) in [4.78, 5) is 4.36. The highest BCUT2D eigenvalue weighted by Gasteiger charge is 2.12. The monoisotopic (exact) mass is 201 g/mol. The van der Waals surface area contributed by atoms with Gasteiger partial charge in [-0.1, -0.05) is 6.58 Å². The predicted octanol–water partition coefficient (Wildman–Crippen LogP) is 2.50. The molecule has 0 amide bonds. The standard InChI is InChI=1S/C12H15N3/c1-7(2)10-11(13)8(3)5-9-12(10)14-6-15(9)4/h5-6H,1,13H2,2-4H3. The number of hydrogen-bond acceptors (Lipinski definition) is 2. The first-order valence-corrected chi connectivity index (χ1v) is 4.88. The van der Waals surface area contributed by atoms with E-state index in [0.717, 1.165) is 33.4 Å². The van der Waals surface area contributed by atoms with Crippen LogP contribution >= 0.6 is 0 Å². The number of nitrogen functional groups attached to an aromatic ring is 1. The van der Waals surface area contributed by atoms with Crippen molar-refractivity contribution in [1.82, 2.24) is 9.55 Å². The molecule has 2 aromatic rings. The summed E-state index contributed by atoms with van der Waals surface area (Å²) in [5.74, 6) is 0. The number of benzene rings is 1. The van der Waals surface area contributed by atoms with Gasteiger partial charge in [0, 0.05) is 18.3 Å². The SMILES string of the molecule is C=C(C)c1c(N)c(C)cc2c1ncn2C. The fourth-order valence-electron chi connectivity index (χ4n) is 1.84. The summed E-state index contributed by atoms with van der Waals surface area (Å²) < 4.78 is 1.99. The van der Waals surface area contributed by atoms with Gasteiger partial charge in [-0.05, 0) is 31.1 Å². The Bertz CT molecular complexity index is 549. The van der Waals surface area contributed by atoms with E-state index in [-0.39, 0.29) is 0 Å². The first-order valence-electron chi connectivity index (χ1n) is 4.88. The Morgan fingerprint density at radius 1 is 1.53 bits per heavy atom. The van der Waals surface area contributed by atoms with Gasteiger partial charge in [-0.3, -0.25) is 0 Å². The second kappa shape index (κ2) is 3.12. The van der Waals surface area contributed by atoms with Crippen LogP contribution in [0.5, 0.6) is 0 Å². The van der Waals surface area contributed by atoms with Crippen LogP contribution < -0.4 is 5.73 Å². The fourth-order valence-corrected chi connectivity index (χ4v) is 1.84. The van der Waals surface area contributed by atoms with Crippen LogP contribution in [0.2, 0.25) is 0 Å². The second-order valence-electron chi connectivity index (χ2n) is 3.99. The minimum atomic E-state index is 0.786. The van der Waals surface area contributed by atoms with Crippen molar-refractivity contribution in [3.63, 3.8) is 0 Å². The molecule has 15 heavy (non-hydrogen) atoms. The van der Waals surface area contributed by atoms with Crippen LogP contribution in [0.15, 0.2) is 19.0 Å². The molecule has 0 bridgehead atoms. The van der Waals surface area contributed by atoms with Crippen molar-refractivity contribution in [3.05, 3.63) is 30.1 Å². The summed E-state index contributed by atoms with van der Waals surface area (Å²) in [5, 5.41) is 0. The lowest BCUT2D eigenvalue weighted by Gasteiger charge is -2.09. The number of aromatic nitrogens is 2. The summed E-state index contributed by atoms with van der Waals surface area (Å²) in [6, 6.07) is 2.06. The number of fused-ring (bicyclic) bond motifs is 1. The number of hydrogen-bond donors (Lipinski definition) is 1. The lowest BCUT2D eigenvalue weighted by molar-refractivity contribution is 0.947. The molecule has 0 atom stereocenters. The second-order valence-corrected chi connectivity index (χ2v) is 3.99. The fraction of sp³-hybridized carbons (Fsp3) is 0.250. The first kappa shape index (κ1) is 9.77. The van der Waals surface area contributed by atoms with Crippen molar-refractivity contribution >= 4 is 22.3 Å². The molecule has 0 fully saturated rings. The molecule has 0 saturated heterocycles. The minimum absolute atomic E-state index is 0.786. The largest absolute Gasteiger partial charge is 0.398 e. The minimum Gasteiger partial charge on any atom is -0.398 e. The summed E-state index contributed by atoms with van der Waals surface area (Å²) in [6.45, 7) is 7.92. The van der Waals surface area contributed by atoms with Crippen molar-refractivity contribution in [1.29, 1.82) is 0 Å². The molecule has 0 unspecified atom stereocenters. The molecule has 1 heterocycles. The van der Waals surface area contributed by atoms with Gasteiger partial charge in [0.25, 0.3) is 0 Å². The van der Waals surface area contributed by atoms with E-state index in [1.807, 2.05) is 25.5 Å². The van der Waals surface area contributed by atoms with Crippen molar-refractivity contribution in [2.45, 2.75) is 13.8 Å². The number of anilines is 1. The van der Waals surface area contributed by atoms with E-state index in [0.29, 0.717) is 0 Å². The third-order valence-electron chi connectivity index (χ3n) is 2.69. The van der Waals surface area contributed by atoms with Crippen LogP contribution in [0, 0.1) is 6.92 Å². The quantitative estimate of drug-likeness (QED) is 0.720. The summed E-state index contributed by atoms with van der Waals surface area (Å²) in [5.41, 5.74) is 11.9. The van der Waals surface area contributed by atoms with Crippen LogP contribution in [0.4, 0.5) is 5.69 Å². The van der Waals surface area contributed by atoms with Gasteiger partial charge in [0.2, 0.25) is 0 Å². The molecular formula is C12H15N3. The van der Waals surface area contributed by atoms with Gasteiger partial charge < -0.3 is 10.3 Å². The maximum absolute atomic E-state index is 6.05. The van der Waals surface area contributed by atoms with Gasteiger partial charge in [0.05, 0.1) is 17.4 Å². The molecule has 2 rings (SSSR count). The smallest absolute Gasteiger partial charge is 0.0980 e. The van der Waals surface area contributed by atoms with Crippen LogP contribution in [-0.4, -0.2) is 9.55 Å². The lowest BCUT2D eigenvalue weighted by Crippen LogP contribution is -1.97. The third kappa shape index (κ3) is 1.31. The Hall–Kier alpha value is -1.77. The maximum Gasteiger partial charge on any atom is 0.0980 e. The van der Waals surface area contributed by atoms with E-state index in [1.165, 1.54) is 0 Å². The molecule has 0 radical (unpaired) electrons. The molecule has 0 spiro atoms. The molecule has 0 saturated carbocycles. The average Bonchev–Trinajstić information content (AvgIpc) is 2.49. The Morgan fingerprint density at radius 3 is 2.80 bits per heavy atom. The van der Waals surface area contributed by atoms with Gasteiger partial charge in [-0.15, -0.1) is 0 Å². The molecular weight excluding hydrogens is 186 g/mol. The highest BCUT2D eigenvalue weighted by Crippen LogP contribution is 2.30. The van der Waals surface area contributed by atoms with E-state index < -0.39 is 0 Å². The van der Waals surface area contributed by atoms with Crippen molar-refractivity contribution in [2.75, 3.05) is 5.73 Å². The van der Waals surface area contributed by atoms with E-state index >= 15 is 0 Å². The van der Waals surface area contributed by atoms with Gasteiger partial charge in [-0.2, -0.15) is 0 Å². The third-order valence-corrected chi connectivity index (χ3v) is 2.69. The number of nitrogens with zero attached hydrogens (tertiary/aromatic N) is 2. The van der Waals surface area contributed by atoms with Crippen molar-refractivity contribution in [2.24, 2.45) is 7.05 Å². The Morgan fingerprint density at radius 2 is 2.20 bits per heavy atom. The van der Waals surface area contributed by atoms with Crippen LogP contribution in [0.1, 0.15) is 18.1 Å². The predicted molar refractivity (Wildman–Crippen MR) is 64.6 cm³/mol. The normalized spacial score (nSPS) is 10.9. The highest BCUT2D eigenvalue weighted by molar-refractivity contribution is 5.95. The van der Waals surface area contributed by atoms with Crippen LogP contribution in [0.3, 0.4) is 0 Å². The zero-order chi connectivity index (χ0) is 11.2. The zero-order valence-corrected chi connectivity index (χ0v) is 9.33. The molecule has 0 aliphatic carbocycles. The maximum atomic E-state index is 6.05. The van der Waals surface area contributed by atoms with E-state index in [1.54, 1.807) is 6.33 Å². The van der Waals surface area contributed by atoms with Gasteiger partial charge in [-0.25, -0.2) is 4.98 Å². The van der Waals surface area contributed by atoms with E-state index in [2.05, 4.69) is 17.6 Å². The van der Waals surface area contributed by atoms with Crippen molar-refractivity contribution < 1.29 is 0 Å². The van der Waals surface area contributed by atoms with E-state index in [9.17, 15) is 0 Å². The Kier molecular flexibility index (Phi) is 2.03. The van der Waals surface area contributed by atoms with Crippen molar-refractivity contribution in [3.8, 4) is 0 Å². The molecule has 0 aliphatic rings. The number of rotatable bonds is 1. The molecule has 2 N–H and O–H groups in total. The molecule has 1 aromatic heterocycles. The lowest BCUT2D eigenvalue weighted by atomic mass is 10.0. The Balaban J connectivity index is 2.97. The molecule has 1 aromatic carbocycles. The van der Waals surface area contributed by atoms with Crippen LogP contribution in [-0.2, 0) is 7.05 Å². The van der Waals surface area contributed by atoms with Crippen LogP contribution in [0.25, 0.3) is 16.6 Å². The summed E-state index contributed by atoms with van der Waals surface area (Å²) in [7, 11) is 1.98. The number of imidazole rings is 1. The number of allylic oxidation sites excluding steroid dienone is 1.